The van der Waals surface area contributed by atoms with Gasteiger partial charge in [-0.15, -0.1) is 11.3 Å². The van der Waals surface area contributed by atoms with Crippen LogP contribution >= 0.6 is 11.3 Å². The average molecular weight is 546 g/mol. The van der Waals surface area contributed by atoms with Crippen molar-refractivity contribution in [2.24, 2.45) is 0 Å². The molecule has 2 aliphatic heterocycles. The van der Waals surface area contributed by atoms with Gasteiger partial charge in [0.05, 0.1) is 11.0 Å². The number of aliphatic carboxylic acids is 2. The number of rotatable bonds is 11. The van der Waals surface area contributed by atoms with E-state index >= 15 is 0 Å². The Balaban J connectivity index is 1.44. The van der Waals surface area contributed by atoms with Crippen molar-refractivity contribution in [3.8, 4) is 5.75 Å². The molecule has 1 aromatic carbocycles. The van der Waals surface area contributed by atoms with Gasteiger partial charge in [0.25, 0.3) is 5.91 Å². The van der Waals surface area contributed by atoms with Gasteiger partial charge in [-0.1, -0.05) is 12.1 Å². The molecule has 4 rings (SSSR count). The summed E-state index contributed by atoms with van der Waals surface area (Å²) in [4.78, 5) is 51.7. The second-order valence-electron chi connectivity index (χ2n) is 9.27. The summed E-state index contributed by atoms with van der Waals surface area (Å²) in [5.41, 5.74) is 1.88. The van der Waals surface area contributed by atoms with Crippen molar-refractivity contribution in [3.05, 3.63) is 51.2 Å². The maximum absolute atomic E-state index is 13.6. The van der Waals surface area contributed by atoms with Crippen LogP contribution in [0.5, 0.6) is 5.75 Å². The molecule has 1 fully saturated rings. The van der Waals surface area contributed by atoms with Crippen molar-refractivity contribution >= 4 is 35.1 Å². The molecule has 0 unspecified atom stereocenters. The van der Waals surface area contributed by atoms with Crippen LogP contribution in [0, 0.1) is 0 Å². The molecule has 2 amide bonds. The fourth-order valence-electron chi connectivity index (χ4n) is 4.55. The topological polar surface area (TPSA) is 154 Å². The Bertz CT molecular complexity index is 1130. The van der Waals surface area contributed by atoms with Crippen molar-refractivity contribution in [2.45, 2.75) is 44.4 Å². The predicted octanol–water partition coefficient (Wildman–Crippen LogP) is 1.29. The predicted molar refractivity (Wildman–Crippen MR) is 137 cm³/mol. The molecule has 4 N–H and O–H groups in total. The smallest absolute Gasteiger partial charge is 0.341 e. The van der Waals surface area contributed by atoms with Gasteiger partial charge in [-0.2, -0.15) is 0 Å². The lowest BCUT2D eigenvalue weighted by molar-refractivity contribution is -0.147. The van der Waals surface area contributed by atoms with Crippen LogP contribution in [0.15, 0.2) is 30.3 Å². The first-order valence-corrected chi connectivity index (χ1v) is 13.3. The van der Waals surface area contributed by atoms with E-state index in [9.17, 15) is 19.2 Å². The number of hydrogen-bond donors (Lipinski definition) is 4. The van der Waals surface area contributed by atoms with Gasteiger partial charge in [0, 0.05) is 37.5 Å². The Hall–Kier alpha value is -3.48. The first-order valence-electron chi connectivity index (χ1n) is 12.5. The number of hydrogen-bond acceptors (Lipinski definition) is 8. The summed E-state index contributed by atoms with van der Waals surface area (Å²) in [6, 6.07) is 7.81. The summed E-state index contributed by atoms with van der Waals surface area (Å²) >= 11 is 1.45. The van der Waals surface area contributed by atoms with Gasteiger partial charge < -0.3 is 35.2 Å². The third kappa shape index (κ3) is 7.53. The van der Waals surface area contributed by atoms with Gasteiger partial charge in [-0.05, 0) is 48.6 Å². The summed E-state index contributed by atoms with van der Waals surface area (Å²) in [6.07, 6.45) is 1.91. The third-order valence-corrected chi connectivity index (χ3v) is 7.73. The molecule has 11 nitrogen and oxygen atoms in total. The van der Waals surface area contributed by atoms with Crippen molar-refractivity contribution in [1.29, 1.82) is 0 Å². The van der Waals surface area contributed by atoms with E-state index in [1.807, 2.05) is 6.07 Å². The molecule has 0 spiro atoms. The highest BCUT2D eigenvalue weighted by Crippen LogP contribution is 2.26. The number of thiophene rings is 1. The van der Waals surface area contributed by atoms with Crippen molar-refractivity contribution in [1.82, 2.24) is 15.5 Å². The normalized spacial score (nSPS) is 16.4. The molecule has 0 bridgehead atoms. The van der Waals surface area contributed by atoms with Gasteiger partial charge >= 0.3 is 11.9 Å². The third-order valence-electron chi connectivity index (χ3n) is 6.49. The Morgan fingerprint density at radius 1 is 1.08 bits per heavy atom. The van der Waals surface area contributed by atoms with E-state index in [4.69, 9.17) is 19.7 Å². The number of amides is 2. The Labute approximate surface area is 223 Å². The maximum atomic E-state index is 13.6. The highest BCUT2D eigenvalue weighted by molar-refractivity contribution is 7.14. The summed E-state index contributed by atoms with van der Waals surface area (Å²) in [5, 5.41) is 23.9. The molecule has 1 saturated heterocycles. The largest absolute Gasteiger partial charge is 0.482 e. The number of piperidine rings is 1. The van der Waals surface area contributed by atoms with E-state index in [0.717, 1.165) is 30.6 Å². The number of benzene rings is 1. The number of carboxylic acid groups (broad SMARTS) is 2. The summed E-state index contributed by atoms with van der Waals surface area (Å²) in [5.74, 6) is -2.24. The van der Waals surface area contributed by atoms with Gasteiger partial charge in [-0.3, -0.25) is 9.59 Å². The lowest BCUT2D eigenvalue weighted by Gasteiger charge is -2.34. The zero-order valence-electron chi connectivity index (χ0n) is 20.8. The SMILES string of the molecule is O=C(O)COc1ccc(C[C@H](NC(=O)c2cc3c(s2)CCNC3)C(=O)N2CCC(OCC(=O)O)CC2)cc1. The van der Waals surface area contributed by atoms with E-state index in [-0.39, 0.29) is 30.9 Å². The monoisotopic (exact) mass is 545 g/mol. The molecule has 1 atom stereocenters. The van der Waals surface area contributed by atoms with Crippen LogP contribution < -0.4 is 15.4 Å². The second kappa shape index (κ2) is 12.9. The minimum atomic E-state index is -1.08. The molecule has 12 heteroatoms. The molecule has 0 saturated carbocycles. The molecule has 204 valence electrons. The molecule has 38 heavy (non-hydrogen) atoms. The molecular weight excluding hydrogens is 514 g/mol. The van der Waals surface area contributed by atoms with E-state index in [0.29, 0.717) is 36.6 Å². The zero-order valence-corrected chi connectivity index (χ0v) is 21.6. The van der Waals surface area contributed by atoms with Crippen molar-refractivity contribution in [3.63, 3.8) is 0 Å². The van der Waals surface area contributed by atoms with Crippen LogP contribution in [-0.4, -0.2) is 83.9 Å². The molecule has 1 aromatic heterocycles. The van der Waals surface area contributed by atoms with Crippen LogP contribution in [0.3, 0.4) is 0 Å². The lowest BCUT2D eigenvalue weighted by atomic mass is 10.0. The number of nitrogens with one attached hydrogen (secondary N) is 2. The van der Waals surface area contributed by atoms with Crippen LogP contribution in [0.1, 0.15) is 38.5 Å². The molecule has 2 aromatic rings. The van der Waals surface area contributed by atoms with Crippen molar-refractivity contribution in [2.75, 3.05) is 32.8 Å². The molecule has 2 aliphatic rings. The van der Waals surface area contributed by atoms with Crippen LogP contribution in [0.25, 0.3) is 0 Å². The average Bonchev–Trinajstić information content (AvgIpc) is 3.35. The fourth-order valence-corrected chi connectivity index (χ4v) is 5.63. The number of nitrogens with zero attached hydrogens (tertiary/aromatic N) is 1. The van der Waals surface area contributed by atoms with E-state index in [2.05, 4.69) is 10.6 Å². The van der Waals surface area contributed by atoms with Crippen molar-refractivity contribution < 1.29 is 38.9 Å². The van der Waals surface area contributed by atoms with Gasteiger partial charge in [0.1, 0.15) is 18.4 Å². The molecule has 0 aliphatic carbocycles. The quantitative estimate of drug-likeness (QED) is 0.327. The Morgan fingerprint density at radius 3 is 2.45 bits per heavy atom. The molecule has 0 radical (unpaired) electrons. The van der Waals surface area contributed by atoms with Crippen LogP contribution in [0.2, 0.25) is 0 Å². The number of fused-ring (bicyclic) bond motifs is 1. The zero-order chi connectivity index (χ0) is 27.1. The fraction of sp³-hybridized carbons (Fsp3) is 0.462. The van der Waals surface area contributed by atoms with E-state index in [1.54, 1.807) is 29.2 Å². The minimum Gasteiger partial charge on any atom is -0.482 e. The number of likely N-dealkylation sites (tertiary alicyclic amines) is 1. The van der Waals surface area contributed by atoms with Gasteiger partial charge in [-0.25, -0.2) is 9.59 Å². The number of carbonyl (C=O) groups is 4. The molecular formula is C26H31N3O8S. The maximum Gasteiger partial charge on any atom is 0.341 e. The number of carbonyl (C=O) groups excluding carboxylic acids is 2. The second-order valence-corrected chi connectivity index (χ2v) is 10.4. The number of carboxylic acids is 2. The highest BCUT2D eigenvalue weighted by atomic mass is 32.1. The summed E-state index contributed by atoms with van der Waals surface area (Å²) in [6.45, 7) is 1.56. The summed E-state index contributed by atoms with van der Waals surface area (Å²) in [7, 11) is 0. The first-order chi connectivity index (χ1) is 18.3. The molecule has 3 heterocycles. The van der Waals surface area contributed by atoms with E-state index in [1.165, 1.54) is 16.2 Å². The van der Waals surface area contributed by atoms with Gasteiger partial charge in [0.15, 0.2) is 6.61 Å². The lowest BCUT2D eigenvalue weighted by Crippen LogP contribution is -2.52. The van der Waals surface area contributed by atoms with E-state index < -0.39 is 24.6 Å². The number of ether oxygens (including phenoxy) is 2. The van der Waals surface area contributed by atoms with Gasteiger partial charge in [0.2, 0.25) is 5.91 Å². The first kappa shape index (κ1) is 27.6. The Kier molecular flexibility index (Phi) is 9.32. The highest BCUT2D eigenvalue weighted by Gasteiger charge is 2.31. The van der Waals surface area contributed by atoms with Crippen LogP contribution in [0.4, 0.5) is 0 Å². The minimum absolute atomic E-state index is 0.218. The summed E-state index contributed by atoms with van der Waals surface area (Å²) < 4.78 is 10.6. The van der Waals surface area contributed by atoms with Crippen LogP contribution in [-0.2, 0) is 38.5 Å². The standard InChI is InChI=1S/C26H31N3O8S/c30-23(31)14-36-18-3-1-16(2-4-18)11-20(26(35)29-9-6-19(7-10-29)37-15-24(32)33)28-25(34)22-12-17-13-27-8-5-21(17)38-22/h1-4,12,19-20,27H,5-11,13-15H2,(H,28,34)(H,30,31)(H,32,33)/t20-/m0/s1. The Morgan fingerprint density at radius 2 is 1.79 bits per heavy atom.